The maximum Gasteiger partial charge on any atom is 0.294 e. The van der Waals surface area contributed by atoms with Gasteiger partial charge in [-0.2, -0.15) is 0 Å². The monoisotopic (exact) mass is 438 g/mol. The molecular formula is C24H26N2O4S. The van der Waals surface area contributed by atoms with Crippen LogP contribution in [0.2, 0.25) is 0 Å². The number of imide groups is 1. The highest BCUT2D eigenvalue weighted by Gasteiger charge is 2.36. The van der Waals surface area contributed by atoms with Crippen molar-refractivity contribution in [2.75, 3.05) is 11.9 Å². The second kappa shape index (κ2) is 9.83. The van der Waals surface area contributed by atoms with Crippen molar-refractivity contribution < 1.29 is 19.1 Å². The number of carbonyl (C=O) groups is 3. The van der Waals surface area contributed by atoms with E-state index in [1.54, 1.807) is 6.08 Å². The second-order valence-corrected chi connectivity index (χ2v) is 8.56. The Labute approximate surface area is 186 Å². The van der Waals surface area contributed by atoms with Crippen molar-refractivity contribution in [1.29, 1.82) is 0 Å². The topological polar surface area (TPSA) is 75.7 Å². The molecule has 0 aromatic heterocycles. The van der Waals surface area contributed by atoms with E-state index in [2.05, 4.69) is 5.32 Å². The summed E-state index contributed by atoms with van der Waals surface area (Å²) in [6.07, 6.45) is 2.52. The Bertz CT molecular complexity index is 1030. The van der Waals surface area contributed by atoms with Gasteiger partial charge in [0.05, 0.1) is 11.0 Å². The zero-order valence-corrected chi connectivity index (χ0v) is 18.9. The molecule has 1 N–H and O–H groups in total. The fourth-order valence-corrected chi connectivity index (χ4v) is 4.00. The number of ether oxygens (including phenoxy) is 1. The van der Waals surface area contributed by atoms with Crippen LogP contribution in [0.25, 0.3) is 6.08 Å². The molecule has 1 aliphatic heterocycles. The van der Waals surface area contributed by atoms with E-state index in [1.165, 1.54) is 0 Å². The molecule has 1 aliphatic rings. The third kappa shape index (κ3) is 5.76. The smallest absolute Gasteiger partial charge is 0.294 e. The molecule has 31 heavy (non-hydrogen) atoms. The minimum atomic E-state index is -0.482. The molecule has 6 nitrogen and oxygen atoms in total. The van der Waals surface area contributed by atoms with E-state index in [9.17, 15) is 14.4 Å². The molecule has 0 spiro atoms. The molecule has 0 unspecified atom stereocenters. The van der Waals surface area contributed by atoms with Crippen LogP contribution in [0.1, 0.15) is 37.0 Å². The lowest BCUT2D eigenvalue weighted by atomic mass is 10.1. The number of anilines is 1. The van der Waals surface area contributed by atoms with Gasteiger partial charge < -0.3 is 10.1 Å². The molecule has 1 saturated heterocycles. The number of rotatable bonds is 7. The number of aryl methyl sites for hydroxylation is 2. The Morgan fingerprint density at radius 2 is 1.84 bits per heavy atom. The highest BCUT2D eigenvalue weighted by Crippen LogP contribution is 2.34. The Balaban J connectivity index is 1.73. The molecule has 1 heterocycles. The molecule has 2 aromatic carbocycles. The summed E-state index contributed by atoms with van der Waals surface area (Å²) in [7, 11) is 0. The summed E-state index contributed by atoms with van der Waals surface area (Å²) in [5, 5.41) is 2.29. The van der Waals surface area contributed by atoms with Crippen LogP contribution in [-0.4, -0.2) is 34.6 Å². The fourth-order valence-electron chi connectivity index (χ4n) is 3.18. The summed E-state index contributed by atoms with van der Waals surface area (Å²) in [6, 6.07) is 13.0. The fraction of sp³-hybridized carbons (Fsp3) is 0.292. The summed E-state index contributed by atoms with van der Waals surface area (Å²) < 4.78 is 5.92. The van der Waals surface area contributed by atoms with Crippen LogP contribution in [0, 0.1) is 13.8 Å². The predicted molar refractivity (Wildman–Crippen MR) is 124 cm³/mol. The van der Waals surface area contributed by atoms with Gasteiger partial charge in [0.25, 0.3) is 11.1 Å². The maximum atomic E-state index is 12.8. The van der Waals surface area contributed by atoms with Crippen molar-refractivity contribution in [2.45, 2.75) is 40.2 Å². The van der Waals surface area contributed by atoms with E-state index < -0.39 is 17.1 Å². The van der Waals surface area contributed by atoms with Gasteiger partial charge in [0.1, 0.15) is 12.3 Å². The largest absolute Gasteiger partial charge is 0.490 e. The zero-order chi connectivity index (χ0) is 22.5. The summed E-state index contributed by atoms with van der Waals surface area (Å²) in [6.45, 7) is 7.54. The average molecular weight is 439 g/mol. The molecule has 0 saturated carbocycles. The van der Waals surface area contributed by atoms with Crippen LogP contribution >= 0.6 is 11.8 Å². The number of thioether (sulfide) groups is 1. The van der Waals surface area contributed by atoms with Gasteiger partial charge in [0.2, 0.25) is 5.91 Å². The molecule has 3 rings (SSSR count). The van der Waals surface area contributed by atoms with Crippen LogP contribution in [0.15, 0.2) is 47.4 Å². The minimum absolute atomic E-state index is 0.0265. The van der Waals surface area contributed by atoms with Crippen molar-refractivity contribution >= 4 is 40.6 Å². The highest BCUT2D eigenvalue weighted by molar-refractivity contribution is 8.18. The number of carbonyl (C=O) groups excluding carboxylic acids is 3. The first-order chi connectivity index (χ1) is 14.8. The van der Waals surface area contributed by atoms with Crippen LogP contribution in [0.5, 0.6) is 5.75 Å². The number of benzene rings is 2. The lowest BCUT2D eigenvalue weighted by Crippen LogP contribution is -2.36. The molecule has 0 radical (unpaired) electrons. The van der Waals surface area contributed by atoms with E-state index in [0.717, 1.165) is 34.2 Å². The van der Waals surface area contributed by atoms with Gasteiger partial charge in [-0.1, -0.05) is 31.2 Å². The van der Waals surface area contributed by atoms with Gasteiger partial charge in [0.15, 0.2) is 0 Å². The Morgan fingerprint density at radius 3 is 2.52 bits per heavy atom. The normalized spacial score (nSPS) is 16.0. The second-order valence-electron chi connectivity index (χ2n) is 7.57. The van der Waals surface area contributed by atoms with E-state index in [-0.39, 0.29) is 17.6 Å². The van der Waals surface area contributed by atoms with Crippen LogP contribution in [0.4, 0.5) is 10.5 Å². The first-order valence-electron chi connectivity index (χ1n) is 10.2. The molecule has 2 aromatic rings. The van der Waals surface area contributed by atoms with Gasteiger partial charge in [-0.3, -0.25) is 19.3 Å². The highest BCUT2D eigenvalue weighted by atomic mass is 32.2. The Hall–Kier alpha value is -3.06. The summed E-state index contributed by atoms with van der Waals surface area (Å²) in [5.74, 6) is -0.255. The number of nitrogens with zero attached hydrogens (tertiary/aromatic N) is 1. The van der Waals surface area contributed by atoms with E-state index in [4.69, 9.17) is 4.74 Å². The average Bonchev–Trinajstić information content (AvgIpc) is 2.96. The summed E-state index contributed by atoms with van der Waals surface area (Å²) >= 11 is 0.826. The summed E-state index contributed by atoms with van der Waals surface area (Å²) in [5.41, 5.74) is 3.39. The van der Waals surface area contributed by atoms with E-state index in [1.807, 2.05) is 70.2 Å². The summed E-state index contributed by atoms with van der Waals surface area (Å²) in [4.78, 5) is 38.9. The predicted octanol–water partition coefficient (Wildman–Crippen LogP) is 5.16. The van der Waals surface area contributed by atoms with Gasteiger partial charge in [-0.05, 0) is 74.4 Å². The van der Waals surface area contributed by atoms with Crippen LogP contribution < -0.4 is 10.1 Å². The number of nitrogens with one attached hydrogen (secondary N) is 1. The molecule has 3 amide bonds. The van der Waals surface area contributed by atoms with Crippen LogP contribution in [-0.2, 0) is 9.59 Å². The molecule has 7 heteroatoms. The first kappa shape index (κ1) is 22.6. The molecule has 1 fully saturated rings. The third-order valence-corrected chi connectivity index (χ3v) is 5.70. The minimum Gasteiger partial charge on any atom is -0.490 e. The van der Waals surface area contributed by atoms with Crippen molar-refractivity contribution in [3.63, 3.8) is 0 Å². The molecular weight excluding hydrogens is 412 g/mol. The van der Waals surface area contributed by atoms with Gasteiger partial charge in [0, 0.05) is 11.3 Å². The quantitative estimate of drug-likeness (QED) is 0.605. The molecule has 0 aliphatic carbocycles. The van der Waals surface area contributed by atoms with Crippen LogP contribution in [0.3, 0.4) is 0 Å². The molecule has 0 bridgehead atoms. The third-order valence-electron chi connectivity index (χ3n) is 4.79. The Morgan fingerprint density at radius 1 is 1.16 bits per heavy atom. The lowest BCUT2D eigenvalue weighted by Gasteiger charge is -2.15. The van der Waals surface area contributed by atoms with Crippen molar-refractivity contribution in [3.8, 4) is 5.75 Å². The first-order valence-corrected chi connectivity index (χ1v) is 11.0. The number of hydrogen-bond acceptors (Lipinski definition) is 5. The van der Waals surface area contributed by atoms with Crippen molar-refractivity contribution in [2.24, 2.45) is 0 Å². The van der Waals surface area contributed by atoms with Gasteiger partial charge in [-0.15, -0.1) is 0 Å². The SMILES string of the molecule is CC[C@H](C)Oc1ccccc1/C=C1/SC(=O)N(CC(=O)Nc2cc(C)cc(C)c2)C1=O. The van der Waals surface area contributed by atoms with Crippen molar-refractivity contribution in [3.05, 3.63) is 64.1 Å². The molecule has 1 atom stereocenters. The van der Waals surface area contributed by atoms with Gasteiger partial charge >= 0.3 is 0 Å². The maximum absolute atomic E-state index is 12.8. The number of amides is 3. The lowest BCUT2D eigenvalue weighted by molar-refractivity contribution is -0.127. The molecule has 162 valence electrons. The van der Waals surface area contributed by atoms with Gasteiger partial charge in [-0.25, -0.2) is 0 Å². The van der Waals surface area contributed by atoms with Crippen molar-refractivity contribution in [1.82, 2.24) is 4.90 Å². The zero-order valence-electron chi connectivity index (χ0n) is 18.1. The van der Waals surface area contributed by atoms with E-state index in [0.29, 0.717) is 17.0 Å². The van der Waals surface area contributed by atoms with E-state index >= 15 is 0 Å². The Kier molecular flexibility index (Phi) is 7.17. The standard InChI is InChI=1S/C24H26N2O4S/c1-5-17(4)30-20-9-7-6-8-18(20)13-21-23(28)26(24(29)31-21)14-22(27)25-19-11-15(2)10-16(3)12-19/h6-13,17H,5,14H2,1-4H3,(H,25,27)/b21-13+/t17-/m0/s1. The number of hydrogen-bond donors (Lipinski definition) is 1. The number of para-hydroxylation sites is 1.